The number of carbonyl (C=O) groups excluding carboxylic acids is 1. The molecule has 2 aliphatic heterocycles. The van der Waals surface area contributed by atoms with Crippen LogP contribution >= 0.6 is 0 Å². The number of hydrogen-bond donors (Lipinski definition) is 1. The summed E-state index contributed by atoms with van der Waals surface area (Å²) in [6, 6.07) is 13.2. The van der Waals surface area contributed by atoms with Gasteiger partial charge in [-0.2, -0.15) is 0 Å². The lowest BCUT2D eigenvalue weighted by atomic mass is 10.1. The normalized spacial score (nSPS) is 17.1. The standard InChI is InChI=1S/C26H28N4O4/c1-2-34-21-6-3-18(4-7-21)15-19-9-10-30-25(19)28-23-16-20(5-8-22(23)26(30)32)27-24(31)17-29-11-13-33-14-12-29/h3-8,15-16H,2,9-14,17H2,1H3,(H,27,31). The molecule has 0 spiro atoms. The summed E-state index contributed by atoms with van der Waals surface area (Å²) >= 11 is 0. The first-order valence-electron chi connectivity index (χ1n) is 11.7. The fourth-order valence-corrected chi connectivity index (χ4v) is 4.42. The molecule has 3 heterocycles. The molecule has 0 unspecified atom stereocenters. The molecule has 0 saturated carbocycles. The van der Waals surface area contributed by atoms with E-state index >= 15 is 0 Å². The van der Waals surface area contributed by atoms with Gasteiger partial charge in [-0.15, -0.1) is 0 Å². The molecule has 176 valence electrons. The van der Waals surface area contributed by atoms with Crippen LogP contribution in [0.15, 0.2) is 47.3 Å². The lowest BCUT2D eigenvalue weighted by Crippen LogP contribution is -2.41. The maximum atomic E-state index is 13.1. The number of nitrogens with zero attached hydrogens (tertiary/aromatic N) is 3. The Labute approximate surface area is 197 Å². The van der Waals surface area contributed by atoms with Gasteiger partial charge >= 0.3 is 0 Å². The highest BCUT2D eigenvalue weighted by Gasteiger charge is 2.21. The number of hydrogen-bond acceptors (Lipinski definition) is 6. The summed E-state index contributed by atoms with van der Waals surface area (Å²) in [5, 5.41) is 3.49. The number of morpholine rings is 1. The van der Waals surface area contributed by atoms with E-state index in [0.717, 1.165) is 36.4 Å². The quantitative estimate of drug-likeness (QED) is 0.609. The molecule has 8 heteroatoms. The smallest absolute Gasteiger partial charge is 0.261 e. The Morgan fingerprint density at radius 2 is 1.94 bits per heavy atom. The van der Waals surface area contributed by atoms with E-state index in [4.69, 9.17) is 14.5 Å². The first-order valence-corrected chi connectivity index (χ1v) is 11.7. The van der Waals surface area contributed by atoms with Gasteiger partial charge in [-0.1, -0.05) is 12.1 Å². The van der Waals surface area contributed by atoms with Gasteiger partial charge in [-0.3, -0.25) is 19.1 Å². The first-order chi connectivity index (χ1) is 16.6. The number of amides is 1. The number of allylic oxidation sites excluding steroid dienone is 1. The van der Waals surface area contributed by atoms with Crippen molar-refractivity contribution in [2.24, 2.45) is 0 Å². The minimum atomic E-state index is -0.0878. The summed E-state index contributed by atoms with van der Waals surface area (Å²) in [5.41, 5.74) is 3.22. The van der Waals surface area contributed by atoms with Gasteiger partial charge < -0.3 is 14.8 Å². The summed E-state index contributed by atoms with van der Waals surface area (Å²) in [6.07, 6.45) is 2.82. The van der Waals surface area contributed by atoms with Crippen molar-refractivity contribution < 1.29 is 14.3 Å². The van der Waals surface area contributed by atoms with Gasteiger partial charge in [0.1, 0.15) is 11.6 Å². The molecule has 0 bridgehead atoms. The highest BCUT2D eigenvalue weighted by molar-refractivity contribution is 5.95. The summed E-state index contributed by atoms with van der Waals surface area (Å²) in [7, 11) is 0. The molecule has 0 radical (unpaired) electrons. The maximum Gasteiger partial charge on any atom is 0.261 e. The van der Waals surface area contributed by atoms with Crippen molar-refractivity contribution in [1.82, 2.24) is 14.5 Å². The number of aromatic nitrogens is 2. The third kappa shape index (κ3) is 4.73. The Balaban J connectivity index is 1.39. The van der Waals surface area contributed by atoms with Crippen molar-refractivity contribution in [2.45, 2.75) is 19.9 Å². The molecule has 5 rings (SSSR count). The minimum Gasteiger partial charge on any atom is -0.494 e. The third-order valence-corrected chi connectivity index (χ3v) is 6.13. The molecule has 3 aromatic rings. The predicted molar refractivity (Wildman–Crippen MR) is 132 cm³/mol. The largest absolute Gasteiger partial charge is 0.494 e. The zero-order chi connectivity index (χ0) is 23.5. The van der Waals surface area contributed by atoms with Crippen LogP contribution in [-0.4, -0.2) is 59.8 Å². The zero-order valence-electron chi connectivity index (χ0n) is 19.3. The highest BCUT2D eigenvalue weighted by Crippen LogP contribution is 2.28. The molecule has 0 aliphatic carbocycles. The Hall–Kier alpha value is -3.49. The van der Waals surface area contributed by atoms with Crippen LogP contribution in [0.4, 0.5) is 5.69 Å². The van der Waals surface area contributed by atoms with E-state index in [1.54, 1.807) is 22.8 Å². The molecule has 1 N–H and O–H groups in total. The van der Waals surface area contributed by atoms with Crippen molar-refractivity contribution >= 4 is 34.1 Å². The fraction of sp³-hybridized carbons (Fsp3) is 0.346. The monoisotopic (exact) mass is 460 g/mol. The molecule has 1 aromatic heterocycles. The second-order valence-electron chi connectivity index (χ2n) is 8.48. The van der Waals surface area contributed by atoms with Crippen LogP contribution in [0.25, 0.3) is 22.6 Å². The summed E-state index contributed by atoms with van der Waals surface area (Å²) in [6.45, 7) is 6.31. The molecule has 2 aromatic carbocycles. The molecule has 0 atom stereocenters. The molecular formula is C26H28N4O4. The van der Waals surface area contributed by atoms with E-state index in [-0.39, 0.29) is 11.5 Å². The van der Waals surface area contributed by atoms with E-state index in [9.17, 15) is 9.59 Å². The number of ether oxygens (including phenoxy) is 2. The average Bonchev–Trinajstić information content (AvgIpc) is 3.24. The summed E-state index contributed by atoms with van der Waals surface area (Å²) < 4.78 is 12.6. The predicted octanol–water partition coefficient (Wildman–Crippen LogP) is 3.01. The first kappa shape index (κ1) is 22.3. The Bertz CT molecular complexity index is 1290. The third-order valence-electron chi connectivity index (χ3n) is 6.13. The molecule has 1 fully saturated rings. The van der Waals surface area contributed by atoms with Crippen LogP contribution in [-0.2, 0) is 16.1 Å². The molecule has 1 amide bonds. The number of anilines is 1. The lowest BCUT2D eigenvalue weighted by Gasteiger charge is -2.25. The van der Waals surface area contributed by atoms with Crippen molar-refractivity contribution in [1.29, 1.82) is 0 Å². The average molecular weight is 461 g/mol. The molecule has 34 heavy (non-hydrogen) atoms. The van der Waals surface area contributed by atoms with E-state index in [1.165, 1.54) is 0 Å². The number of rotatable bonds is 6. The topological polar surface area (TPSA) is 85.7 Å². The van der Waals surface area contributed by atoms with Crippen LogP contribution in [0.3, 0.4) is 0 Å². The fourth-order valence-electron chi connectivity index (χ4n) is 4.42. The van der Waals surface area contributed by atoms with Crippen molar-refractivity contribution in [3.05, 3.63) is 64.2 Å². The van der Waals surface area contributed by atoms with E-state index in [0.29, 0.717) is 55.3 Å². The summed E-state index contributed by atoms with van der Waals surface area (Å²) in [5.74, 6) is 1.43. The molecular weight excluding hydrogens is 432 g/mol. The second kappa shape index (κ2) is 9.79. The Morgan fingerprint density at radius 3 is 2.71 bits per heavy atom. The van der Waals surface area contributed by atoms with E-state index < -0.39 is 0 Å². The van der Waals surface area contributed by atoms with Gasteiger partial charge in [0, 0.05) is 25.3 Å². The Kier molecular flexibility index (Phi) is 6.42. The van der Waals surface area contributed by atoms with Gasteiger partial charge in [0.2, 0.25) is 5.91 Å². The minimum absolute atomic E-state index is 0.0544. The van der Waals surface area contributed by atoms with Crippen molar-refractivity contribution in [2.75, 3.05) is 44.8 Å². The number of carbonyl (C=O) groups is 1. The molecule has 1 saturated heterocycles. The zero-order valence-corrected chi connectivity index (χ0v) is 19.3. The maximum absolute atomic E-state index is 13.1. The SMILES string of the molecule is CCOc1ccc(C=C2CCn3c2nc2cc(NC(=O)CN4CCOCC4)ccc2c3=O)cc1. The van der Waals surface area contributed by atoms with E-state index in [1.807, 2.05) is 31.2 Å². The van der Waals surface area contributed by atoms with Crippen LogP contribution in [0.2, 0.25) is 0 Å². The van der Waals surface area contributed by atoms with Crippen LogP contribution in [0.1, 0.15) is 24.7 Å². The van der Waals surface area contributed by atoms with Crippen molar-refractivity contribution in [3.8, 4) is 5.75 Å². The lowest BCUT2D eigenvalue weighted by molar-refractivity contribution is -0.118. The number of fused-ring (bicyclic) bond motifs is 2. The van der Waals surface area contributed by atoms with Crippen LogP contribution in [0, 0.1) is 0 Å². The second-order valence-corrected chi connectivity index (χ2v) is 8.48. The van der Waals surface area contributed by atoms with Gasteiger partial charge in [0.05, 0.1) is 37.3 Å². The van der Waals surface area contributed by atoms with Gasteiger partial charge in [-0.25, -0.2) is 4.98 Å². The molecule has 2 aliphatic rings. The summed E-state index contributed by atoms with van der Waals surface area (Å²) in [4.78, 5) is 32.5. The highest BCUT2D eigenvalue weighted by atomic mass is 16.5. The van der Waals surface area contributed by atoms with Crippen LogP contribution < -0.4 is 15.6 Å². The number of benzene rings is 2. The van der Waals surface area contributed by atoms with Crippen LogP contribution in [0.5, 0.6) is 5.75 Å². The van der Waals surface area contributed by atoms with Gasteiger partial charge in [-0.05, 0) is 60.9 Å². The van der Waals surface area contributed by atoms with Crippen molar-refractivity contribution in [3.63, 3.8) is 0 Å². The van der Waals surface area contributed by atoms with Gasteiger partial charge in [0.15, 0.2) is 0 Å². The van der Waals surface area contributed by atoms with E-state index in [2.05, 4.69) is 16.3 Å². The Morgan fingerprint density at radius 1 is 1.15 bits per heavy atom. The van der Waals surface area contributed by atoms with Gasteiger partial charge in [0.25, 0.3) is 5.56 Å². The molecule has 8 nitrogen and oxygen atoms in total. The number of nitrogens with one attached hydrogen (secondary N) is 1.